The molecule has 0 atom stereocenters. The average Bonchev–Trinajstić information content (AvgIpc) is 3.27. The van der Waals surface area contributed by atoms with Crippen molar-refractivity contribution in [3.63, 3.8) is 0 Å². The van der Waals surface area contributed by atoms with Gasteiger partial charge in [0.25, 0.3) is 5.91 Å². The van der Waals surface area contributed by atoms with Gasteiger partial charge in [0.2, 0.25) is 5.95 Å². The van der Waals surface area contributed by atoms with E-state index in [0.29, 0.717) is 5.69 Å². The van der Waals surface area contributed by atoms with Crippen LogP contribution >= 0.6 is 0 Å². The smallest absolute Gasteiger partial charge is 0.272 e. The third-order valence-corrected chi connectivity index (χ3v) is 7.55. The van der Waals surface area contributed by atoms with Gasteiger partial charge in [-0.3, -0.25) is 9.20 Å². The van der Waals surface area contributed by atoms with Crippen molar-refractivity contribution in [3.05, 3.63) is 30.1 Å². The van der Waals surface area contributed by atoms with Gasteiger partial charge in [-0.15, -0.1) is 0 Å². The molecule has 0 unspecified atom stereocenters. The predicted octanol–water partition coefficient (Wildman–Crippen LogP) is 3.63. The van der Waals surface area contributed by atoms with Crippen LogP contribution in [0.5, 0.6) is 0 Å². The number of rotatable bonds is 3. The van der Waals surface area contributed by atoms with Crippen molar-refractivity contribution in [1.82, 2.24) is 14.7 Å². The molecule has 4 bridgehead atoms. The Morgan fingerprint density at radius 3 is 2.37 bits per heavy atom. The second-order valence-corrected chi connectivity index (χ2v) is 9.56. The van der Waals surface area contributed by atoms with Crippen LogP contribution in [0.15, 0.2) is 24.4 Å². The van der Waals surface area contributed by atoms with Gasteiger partial charge in [-0.05, 0) is 81.3 Å². The topological polar surface area (TPSA) is 49.6 Å². The molecule has 5 aliphatic rings. The molecule has 27 heavy (non-hydrogen) atoms. The van der Waals surface area contributed by atoms with Gasteiger partial charge in [-0.2, -0.15) is 0 Å². The summed E-state index contributed by atoms with van der Waals surface area (Å²) in [5.74, 6) is 3.45. The van der Waals surface area contributed by atoms with Crippen molar-refractivity contribution < 1.29 is 4.79 Å². The molecule has 4 saturated carbocycles. The lowest BCUT2D eigenvalue weighted by Gasteiger charge is -2.56. The second kappa shape index (κ2) is 5.73. The fourth-order valence-corrected chi connectivity index (χ4v) is 6.89. The van der Waals surface area contributed by atoms with Gasteiger partial charge in [0, 0.05) is 24.8 Å². The number of imidazole rings is 1. The van der Waals surface area contributed by atoms with Crippen LogP contribution in [-0.4, -0.2) is 33.9 Å². The number of amides is 1. The Morgan fingerprint density at radius 1 is 1.04 bits per heavy atom. The molecule has 1 N–H and O–H groups in total. The van der Waals surface area contributed by atoms with E-state index in [9.17, 15) is 4.79 Å². The van der Waals surface area contributed by atoms with Gasteiger partial charge in [0.15, 0.2) is 5.69 Å². The number of carbonyl (C=O) groups is 1. The lowest BCUT2D eigenvalue weighted by atomic mass is 9.53. The zero-order chi connectivity index (χ0) is 18.0. The third kappa shape index (κ3) is 2.50. The number of aromatic nitrogens is 2. The van der Waals surface area contributed by atoms with Gasteiger partial charge < -0.3 is 10.2 Å². The van der Waals surface area contributed by atoms with Crippen LogP contribution in [0.1, 0.15) is 61.9 Å². The van der Waals surface area contributed by atoms with Crippen LogP contribution in [0.2, 0.25) is 0 Å². The number of nitrogens with zero attached hydrogens (tertiary/aromatic N) is 3. The first-order valence-electron chi connectivity index (χ1n) is 10.7. The zero-order valence-corrected chi connectivity index (χ0v) is 15.9. The van der Waals surface area contributed by atoms with E-state index >= 15 is 0 Å². The molecule has 5 nitrogen and oxygen atoms in total. The highest BCUT2D eigenvalue weighted by Gasteiger charge is 2.51. The summed E-state index contributed by atoms with van der Waals surface area (Å²) in [6, 6.07) is 6.06. The summed E-state index contributed by atoms with van der Waals surface area (Å²) in [6.45, 7) is 2.06. The van der Waals surface area contributed by atoms with Crippen molar-refractivity contribution >= 4 is 17.4 Å². The highest BCUT2D eigenvalue weighted by Crippen LogP contribution is 2.55. The average molecular weight is 364 g/mol. The molecule has 1 amide bonds. The van der Waals surface area contributed by atoms with Crippen LogP contribution in [0.25, 0.3) is 5.52 Å². The van der Waals surface area contributed by atoms with E-state index in [1.165, 1.54) is 51.4 Å². The van der Waals surface area contributed by atoms with Gasteiger partial charge >= 0.3 is 0 Å². The number of hydrogen-bond donors (Lipinski definition) is 1. The summed E-state index contributed by atoms with van der Waals surface area (Å²) in [6.07, 6.45) is 12.1. The normalized spacial score (nSPS) is 34.5. The third-order valence-electron chi connectivity index (χ3n) is 7.55. The molecule has 4 aliphatic carbocycles. The predicted molar refractivity (Wildman–Crippen MR) is 105 cm³/mol. The number of anilines is 1. The summed E-state index contributed by atoms with van der Waals surface area (Å²) >= 11 is 0. The van der Waals surface area contributed by atoms with E-state index < -0.39 is 0 Å². The molecule has 2 aromatic heterocycles. The Bertz CT molecular complexity index is 860. The minimum Gasteiger partial charge on any atom is -0.345 e. The van der Waals surface area contributed by atoms with Crippen LogP contribution in [0, 0.1) is 17.8 Å². The minimum absolute atomic E-state index is 0.0321. The van der Waals surface area contributed by atoms with Gasteiger partial charge in [0.1, 0.15) is 0 Å². The summed E-state index contributed by atoms with van der Waals surface area (Å²) in [7, 11) is 0. The molecule has 1 aliphatic heterocycles. The maximum absolute atomic E-state index is 13.4. The minimum atomic E-state index is 0.0321. The van der Waals surface area contributed by atoms with E-state index in [2.05, 4.69) is 14.6 Å². The quantitative estimate of drug-likeness (QED) is 0.905. The second-order valence-electron chi connectivity index (χ2n) is 9.56. The van der Waals surface area contributed by atoms with Gasteiger partial charge in [0.05, 0.1) is 5.52 Å². The highest BCUT2D eigenvalue weighted by atomic mass is 16.2. The number of hydrogen-bond acceptors (Lipinski definition) is 3. The van der Waals surface area contributed by atoms with Crippen molar-refractivity contribution in [1.29, 1.82) is 0 Å². The van der Waals surface area contributed by atoms with Crippen molar-refractivity contribution in [2.24, 2.45) is 17.8 Å². The lowest BCUT2D eigenvalue weighted by Crippen LogP contribution is -2.59. The SMILES string of the molecule is O=C(NC12CC3CC(CC(C3)C1)C2)c1nc(N2CCCC2)n2ccccc12. The molecule has 0 radical (unpaired) electrons. The first kappa shape index (κ1) is 16.0. The maximum Gasteiger partial charge on any atom is 0.272 e. The van der Waals surface area contributed by atoms with Crippen molar-refractivity contribution in [3.8, 4) is 0 Å². The summed E-state index contributed by atoms with van der Waals surface area (Å²) < 4.78 is 2.10. The van der Waals surface area contributed by atoms with Crippen LogP contribution in [-0.2, 0) is 0 Å². The van der Waals surface area contributed by atoms with E-state index in [-0.39, 0.29) is 11.4 Å². The van der Waals surface area contributed by atoms with E-state index in [1.54, 1.807) is 0 Å². The molecule has 142 valence electrons. The zero-order valence-electron chi connectivity index (χ0n) is 15.9. The van der Waals surface area contributed by atoms with Crippen LogP contribution in [0.4, 0.5) is 5.95 Å². The van der Waals surface area contributed by atoms with E-state index in [0.717, 1.165) is 42.3 Å². The number of fused-ring (bicyclic) bond motifs is 1. The van der Waals surface area contributed by atoms with Crippen molar-refractivity contribution in [2.45, 2.75) is 56.9 Å². The van der Waals surface area contributed by atoms with E-state index in [1.807, 2.05) is 24.4 Å². The fourth-order valence-electron chi connectivity index (χ4n) is 6.89. The molecule has 5 heteroatoms. The first-order chi connectivity index (χ1) is 13.2. The fraction of sp³-hybridized carbons (Fsp3) is 0.636. The Labute approximate surface area is 160 Å². The number of nitrogens with one attached hydrogen (secondary N) is 1. The molecule has 1 saturated heterocycles. The molecular formula is C22H28N4O. The molecule has 3 heterocycles. The summed E-state index contributed by atoms with van der Waals surface area (Å²) in [4.78, 5) is 20.5. The lowest BCUT2D eigenvalue weighted by molar-refractivity contribution is -0.0167. The molecule has 0 aromatic carbocycles. The maximum atomic E-state index is 13.4. The monoisotopic (exact) mass is 364 g/mol. The molecule has 2 aromatic rings. The Hall–Kier alpha value is -2.04. The van der Waals surface area contributed by atoms with Crippen molar-refractivity contribution in [2.75, 3.05) is 18.0 Å². The van der Waals surface area contributed by atoms with Crippen LogP contribution < -0.4 is 10.2 Å². The summed E-state index contributed by atoms with van der Waals surface area (Å²) in [5.41, 5.74) is 1.57. The Balaban J connectivity index is 1.34. The molecular weight excluding hydrogens is 336 g/mol. The van der Waals surface area contributed by atoms with Gasteiger partial charge in [-0.25, -0.2) is 4.98 Å². The van der Waals surface area contributed by atoms with Crippen LogP contribution in [0.3, 0.4) is 0 Å². The van der Waals surface area contributed by atoms with Gasteiger partial charge in [-0.1, -0.05) is 6.07 Å². The first-order valence-corrected chi connectivity index (χ1v) is 10.7. The number of pyridine rings is 1. The molecule has 0 spiro atoms. The standard InChI is InChI=1S/C22H28N4O/c27-20(24-22-12-15-9-16(13-22)11-17(10-15)14-22)19-18-5-1-2-8-26(18)21(23-19)25-6-3-4-7-25/h1-2,5,8,15-17H,3-4,6-7,9-14H2,(H,24,27). The largest absolute Gasteiger partial charge is 0.345 e. The number of carbonyl (C=O) groups excluding carboxylic acids is 1. The highest BCUT2D eigenvalue weighted by molar-refractivity contribution is 6.00. The van der Waals surface area contributed by atoms with E-state index in [4.69, 9.17) is 4.98 Å². The Morgan fingerprint density at radius 2 is 1.70 bits per heavy atom. The Kier molecular flexibility index (Phi) is 3.39. The molecule has 5 fully saturated rings. The molecule has 7 rings (SSSR count). The summed E-state index contributed by atoms with van der Waals surface area (Å²) in [5, 5.41) is 3.50.